The number of ether oxygens (including phenoxy) is 1. The summed E-state index contributed by atoms with van der Waals surface area (Å²) in [5.41, 5.74) is -0.545. The minimum Gasteiger partial charge on any atom is -0.441 e. The van der Waals surface area contributed by atoms with Gasteiger partial charge in [0.2, 0.25) is 0 Å². The minimum atomic E-state index is -0.545. The summed E-state index contributed by atoms with van der Waals surface area (Å²) in [7, 11) is 3.41. The molecule has 98 valence electrons. The molecule has 0 aromatic heterocycles. The lowest BCUT2D eigenvalue weighted by atomic mass is 9.97. The van der Waals surface area contributed by atoms with Crippen molar-refractivity contribution in [2.75, 3.05) is 14.1 Å². The topological polar surface area (TPSA) is 49.9 Å². The maximum absolute atomic E-state index is 11.8. The van der Waals surface area contributed by atoms with Crippen molar-refractivity contribution in [1.82, 2.24) is 9.80 Å². The van der Waals surface area contributed by atoms with E-state index in [9.17, 15) is 9.59 Å². The summed E-state index contributed by atoms with van der Waals surface area (Å²) in [6.45, 7) is 7.35. The Morgan fingerprint density at radius 1 is 1.29 bits per heavy atom. The first-order valence-electron chi connectivity index (χ1n) is 5.85. The smallest absolute Gasteiger partial charge is 0.322 e. The predicted octanol–water partition coefficient (Wildman–Crippen LogP) is 1.68. The predicted molar refractivity (Wildman–Crippen MR) is 64.3 cm³/mol. The monoisotopic (exact) mass is 242 g/mol. The van der Waals surface area contributed by atoms with Gasteiger partial charge in [-0.05, 0) is 27.7 Å². The molecule has 1 fully saturated rings. The Kier molecular flexibility index (Phi) is 3.69. The third kappa shape index (κ3) is 2.90. The summed E-state index contributed by atoms with van der Waals surface area (Å²) in [6, 6.07) is -0.0353. The highest BCUT2D eigenvalue weighted by Gasteiger charge is 2.37. The third-order valence-electron chi connectivity index (χ3n) is 3.09. The zero-order valence-electron chi connectivity index (χ0n) is 11.5. The normalized spacial score (nSPS) is 26.1. The van der Waals surface area contributed by atoms with Crippen molar-refractivity contribution in [3.05, 3.63) is 0 Å². The fourth-order valence-electron chi connectivity index (χ4n) is 1.60. The number of amides is 2. The number of rotatable bonds is 1. The van der Waals surface area contributed by atoms with Gasteiger partial charge in [0.25, 0.3) is 0 Å². The van der Waals surface area contributed by atoms with Crippen molar-refractivity contribution in [3.8, 4) is 0 Å². The van der Waals surface area contributed by atoms with E-state index in [1.54, 1.807) is 39.8 Å². The minimum absolute atomic E-state index is 0.0801. The first-order chi connectivity index (χ1) is 7.64. The van der Waals surface area contributed by atoms with E-state index >= 15 is 0 Å². The SMILES string of the molecule is CC1CC(OC(=O)C(C)(C)C)N(C)C(=O)N1C. The van der Waals surface area contributed by atoms with Gasteiger partial charge in [-0.25, -0.2) is 4.79 Å². The molecule has 1 saturated heterocycles. The molecule has 2 amide bonds. The number of urea groups is 1. The van der Waals surface area contributed by atoms with Crippen LogP contribution in [-0.4, -0.2) is 48.2 Å². The van der Waals surface area contributed by atoms with E-state index in [1.165, 1.54) is 4.90 Å². The second kappa shape index (κ2) is 4.55. The van der Waals surface area contributed by atoms with Crippen molar-refractivity contribution in [3.63, 3.8) is 0 Å². The van der Waals surface area contributed by atoms with E-state index < -0.39 is 11.6 Å². The Balaban J connectivity index is 2.73. The van der Waals surface area contributed by atoms with E-state index in [4.69, 9.17) is 4.74 Å². The number of carbonyl (C=O) groups is 2. The lowest BCUT2D eigenvalue weighted by Gasteiger charge is -2.41. The summed E-state index contributed by atoms with van der Waals surface area (Å²) < 4.78 is 5.40. The molecule has 0 bridgehead atoms. The van der Waals surface area contributed by atoms with Crippen LogP contribution in [0.3, 0.4) is 0 Å². The van der Waals surface area contributed by atoms with Gasteiger partial charge in [0.05, 0.1) is 5.41 Å². The van der Waals surface area contributed by atoms with Gasteiger partial charge in [0.15, 0.2) is 6.23 Å². The molecule has 0 aromatic rings. The second-order valence-corrected chi connectivity index (χ2v) is 5.70. The summed E-state index contributed by atoms with van der Waals surface area (Å²) in [5, 5.41) is 0. The van der Waals surface area contributed by atoms with E-state index in [0.717, 1.165) is 0 Å². The molecular weight excluding hydrogens is 220 g/mol. The highest BCUT2D eigenvalue weighted by Crippen LogP contribution is 2.23. The van der Waals surface area contributed by atoms with Gasteiger partial charge in [-0.15, -0.1) is 0 Å². The number of hydrogen-bond acceptors (Lipinski definition) is 3. The molecule has 0 aliphatic carbocycles. The van der Waals surface area contributed by atoms with Crippen LogP contribution < -0.4 is 0 Å². The molecule has 1 heterocycles. The number of nitrogens with zero attached hydrogens (tertiary/aromatic N) is 2. The van der Waals surface area contributed by atoms with E-state index in [-0.39, 0.29) is 18.0 Å². The van der Waals surface area contributed by atoms with Gasteiger partial charge in [-0.3, -0.25) is 9.69 Å². The number of esters is 1. The van der Waals surface area contributed by atoms with Crippen molar-refractivity contribution < 1.29 is 14.3 Å². The maximum atomic E-state index is 11.8. The van der Waals surface area contributed by atoms with Crippen LogP contribution in [0.1, 0.15) is 34.1 Å². The van der Waals surface area contributed by atoms with Gasteiger partial charge in [-0.1, -0.05) is 0 Å². The van der Waals surface area contributed by atoms with Crippen LogP contribution in [-0.2, 0) is 9.53 Å². The summed E-state index contributed by atoms with van der Waals surface area (Å²) >= 11 is 0. The fraction of sp³-hybridized carbons (Fsp3) is 0.833. The van der Waals surface area contributed by atoms with Crippen LogP contribution in [0.25, 0.3) is 0 Å². The highest BCUT2D eigenvalue weighted by atomic mass is 16.6. The Morgan fingerprint density at radius 3 is 2.29 bits per heavy atom. The molecule has 2 atom stereocenters. The Morgan fingerprint density at radius 2 is 1.82 bits per heavy atom. The van der Waals surface area contributed by atoms with E-state index in [0.29, 0.717) is 6.42 Å². The molecule has 5 nitrogen and oxygen atoms in total. The lowest BCUT2D eigenvalue weighted by molar-refractivity contribution is -0.169. The Labute approximate surface area is 103 Å². The lowest BCUT2D eigenvalue weighted by Crippen LogP contribution is -2.56. The van der Waals surface area contributed by atoms with Crippen LogP contribution in [0, 0.1) is 5.41 Å². The van der Waals surface area contributed by atoms with Crippen molar-refractivity contribution in [1.29, 1.82) is 0 Å². The van der Waals surface area contributed by atoms with Gasteiger partial charge >= 0.3 is 12.0 Å². The molecule has 2 unspecified atom stereocenters. The van der Waals surface area contributed by atoms with E-state index in [2.05, 4.69) is 0 Å². The quantitative estimate of drug-likeness (QED) is 0.657. The van der Waals surface area contributed by atoms with Crippen LogP contribution in [0.15, 0.2) is 0 Å². The van der Waals surface area contributed by atoms with Crippen molar-refractivity contribution in [2.45, 2.75) is 46.4 Å². The molecule has 0 aromatic carbocycles. The van der Waals surface area contributed by atoms with E-state index in [1.807, 2.05) is 6.92 Å². The summed E-state index contributed by atoms with van der Waals surface area (Å²) in [4.78, 5) is 26.8. The van der Waals surface area contributed by atoms with Gasteiger partial charge < -0.3 is 9.64 Å². The molecule has 0 saturated carbocycles. The highest BCUT2D eigenvalue weighted by molar-refractivity contribution is 5.78. The second-order valence-electron chi connectivity index (χ2n) is 5.70. The zero-order valence-corrected chi connectivity index (χ0v) is 11.5. The first kappa shape index (κ1) is 13.8. The first-order valence-corrected chi connectivity index (χ1v) is 5.85. The van der Waals surface area contributed by atoms with Gasteiger partial charge in [0, 0.05) is 26.6 Å². The molecule has 1 aliphatic rings. The maximum Gasteiger partial charge on any atom is 0.322 e. The molecule has 1 aliphatic heterocycles. The molecular formula is C12H22N2O3. The van der Waals surface area contributed by atoms with Crippen LogP contribution in [0.2, 0.25) is 0 Å². The van der Waals surface area contributed by atoms with Crippen molar-refractivity contribution >= 4 is 12.0 Å². The zero-order chi connectivity index (χ0) is 13.4. The standard InChI is InChI=1S/C12H22N2O3/c1-8-7-9(14(6)11(16)13(8)5)17-10(15)12(2,3)4/h8-9H,7H2,1-6H3. The number of hydrogen-bond donors (Lipinski definition) is 0. The molecule has 17 heavy (non-hydrogen) atoms. The van der Waals surface area contributed by atoms with Crippen LogP contribution in [0.4, 0.5) is 4.79 Å². The van der Waals surface area contributed by atoms with Crippen molar-refractivity contribution in [2.24, 2.45) is 5.41 Å². The van der Waals surface area contributed by atoms with Gasteiger partial charge in [-0.2, -0.15) is 0 Å². The fourth-order valence-corrected chi connectivity index (χ4v) is 1.60. The Bertz CT molecular complexity index is 322. The Hall–Kier alpha value is -1.26. The molecule has 0 radical (unpaired) electrons. The van der Waals surface area contributed by atoms with Crippen LogP contribution >= 0.6 is 0 Å². The van der Waals surface area contributed by atoms with Crippen LogP contribution in [0.5, 0.6) is 0 Å². The summed E-state index contributed by atoms with van der Waals surface area (Å²) in [5.74, 6) is -0.279. The van der Waals surface area contributed by atoms with Gasteiger partial charge in [0.1, 0.15) is 0 Å². The average molecular weight is 242 g/mol. The molecule has 1 rings (SSSR count). The largest absolute Gasteiger partial charge is 0.441 e. The molecule has 0 N–H and O–H groups in total. The molecule has 5 heteroatoms. The average Bonchev–Trinajstić information content (AvgIpc) is 2.21. The third-order valence-corrected chi connectivity index (χ3v) is 3.09. The summed E-state index contributed by atoms with van der Waals surface area (Å²) in [6.07, 6.45) is 0.182. The molecule has 0 spiro atoms. The number of carbonyl (C=O) groups excluding carboxylic acids is 2.